The molecule has 0 heterocycles. The van der Waals surface area contributed by atoms with E-state index in [2.05, 4.69) is 5.43 Å². The molecule has 108 valence electrons. The van der Waals surface area contributed by atoms with Crippen molar-refractivity contribution in [3.8, 4) is 5.75 Å². The van der Waals surface area contributed by atoms with Crippen LogP contribution in [0.1, 0.15) is 18.0 Å². The minimum absolute atomic E-state index is 0.261. The molecule has 0 aliphatic heterocycles. The van der Waals surface area contributed by atoms with Crippen LogP contribution in [0.25, 0.3) is 0 Å². The molecule has 1 unspecified atom stereocenters. The second-order valence-electron chi connectivity index (χ2n) is 3.92. The van der Waals surface area contributed by atoms with Crippen molar-refractivity contribution in [1.82, 2.24) is 5.43 Å². The summed E-state index contributed by atoms with van der Waals surface area (Å²) in [4.78, 5) is 0. The third kappa shape index (κ3) is 5.46. The molecule has 0 saturated heterocycles. The summed E-state index contributed by atoms with van der Waals surface area (Å²) in [5, 5.41) is 0. The summed E-state index contributed by atoms with van der Waals surface area (Å²) in [5.41, 5.74) is 2.55. The van der Waals surface area contributed by atoms with Gasteiger partial charge in [0.25, 0.3) is 0 Å². The Balaban J connectivity index is 2.84. The molecule has 0 aromatic heterocycles. The quantitative estimate of drug-likeness (QED) is 0.456. The number of alkyl halides is 3. The maximum absolute atomic E-state index is 12.5. The van der Waals surface area contributed by atoms with Gasteiger partial charge in [-0.2, -0.15) is 13.2 Å². The van der Waals surface area contributed by atoms with Crippen molar-refractivity contribution in [2.75, 3.05) is 20.3 Å². The smallest absolute Gasteiger partial charge is 0.390 e. The average Bonchev–Trinajstić information content (AvgIpc) is 2.36. The van der Waals surface area contributed by atoms with Crippen LogP contribution >= 0.6 is 0 Å². The first-order valence-electron chi connectivity index (χ1n) is 5.71. The highest BCUT2D eigenvalue weighted by molar-refractivity contribution is 5.36. The first-order valence-corrected chi connectivity index (χ1v) is 5.71. The van der Waals surface area contributed by atoms with E-state index in [0.29, 0.717) is 17.9 Å². The number of hydrogen-bond donors (Lipinski definition) is 2. The van der Waals surface area contributed by atoms with Gasteiger partial charge in [0, 0.05) is 12.7 Å². The van der Waals surface area contributed by atoms with E-state index in [1.807, 2.05) is 0 Å². The second kappa shape index (κ2) is 7.32. The number of para-hydroxylation sites is 1. The molecular weight excluding hydrogens is 261 g/mol. The van der Waals surface area contributed by atoms with Crippen LogP contribution in [0.5, 0.6) is 5.75 Å². The predicted octanol–water partition coefficient (Wildman–Crippen LogP) is 2.17. The molecule has 7 heteroatoms. The van der Waals surface area contributed by atoms with Gasteiger partial charge in [0.15, 0.2) is 0 Å². The van der Waals surface area contributed by atoms with E-state index >= 15 is 0 Å². The normalized spacial score (nSPS) is 13.3. The summed E-state index contributed by atoms with van der Waals surface area (Å²) in [6, 6.07) is 5.44. The molecule has 0 aliphatic rings. The van der Waals surface area contributed by atoms with Crippen LogP contribution in [0.3, 0.4) is 0 Å². The third-order valence-corrected chi connectivity index (χ3v) is 2.48. The Hall–Kier alpha value is -1.31. The summed E-state index contributed by atoms with van der Waals surface area (Å²) in [6.45, 7) is 0.616. The molecular formula is C12H17F3N2O2. The van der Waals surface area contributed by atoms with Gasteiger partial charge in [-0.1, -0.05) is 18.2 Å². The van der Waals surface area contributed by atoms with E-state index in [1.165, 1.54) is 7.11 Å². The zero-order valence-electron chi connectivity index (χ0n) is 10.5. The predicted molar refractivity (Wildman–Crippen MR) is 64.5 cm³/mol. The van der Waals surface area contributed by atoms with E-state index < -0.39 is 18.6 Å². The maximum Gasteiger partial charge on any atom is 0.390 e. The van der Waals surface area contributed by atoms with Crippen LogP contribution in [-0.4, -0.2) is 26.5 Å². The molecule has 1 aromatic carbocycles. The first-order chi connectivity index (χ1) is 8.98. The molecule has 1 atom stereocenters. The van der Waals surface area contributed by atoms with Crippen LogP contribution in [-0.2, 0) is 4.74 Å². The van der Waals surface area contributed by atoms with Gasteiger partial charge in [-0.25, -0.2) is 0 Å². The Bertz CT molecular complexity index is 385. The molecule has 3 N–H and O–H groups in total. The molecule has 0 fully saturated rings. The zero-order chi connectivity index (χ0) is 14.3. The average molecular weight is 278 g/mol. The Morgan fingerprint density at radius 1 is 1.26 bits per heavy atom. The van der Waals surface area contributed by atoms with Crippen LogP contribution in [0, 0.1) is 0 Å². The highest BCUT2D eigenvalue weighted by Crippen LogP contribution is 2.33. The summed E-state index contributed by atoms with van der Waals surface area (Å²) in [5.74, 6) is 5.57. The molecule has 0 saturated carbocycles. The molecule has 1 aromatic rings. The van der Waals surface area contributed by atoms with Crippen LogP contribution < -0.4 is 16.0 Å². The Kier molecular flexibility index (Phi) is 6.07. The lowest BCUT2D eigenvalue weighted by Crippen LogP contribution is -2.32. The molecule has 4 nitrogen and oxygen atoms in total. The Labute approximate surface area is 109 Å². The fourth-order valence-corrected chi connectivity index (χ4v) is 1.62. The Morgan fingerprint density at radius 3 is 2.53 bits per heavy atom. The number of hydrazine groups is 1. The highest BCUT2D eigenvalue weighted by Gasteiger charge is 2.33. The summed E-state index contributed by atoms with van der Waals surface area (Å²) in [6.07, 6.45) is -5.37. The molecule has 0 bridgehead atoms. The van der Waals surface area contributed by atoms with E-state index in [4.69, 9.17) is 15.3 Å². The number of ether oxygens (including phenoxy) is 2. The fourth-order valence-electron chi connectivity index (χ4n) is 1.62. The van der Waals surface area contributed by atoms with E-state index in [9.17, 15) is 13.2 Å². The van der Waals surface area contributed by atoms with Gasteiger partial charge in [0.1, 0.15) is 12.4 Å². The number of methoxy groups -OCH3 is 1. The molecule has 0 amide bonds. The van der Waals surface area contributed by atoms with Crippen LogP contribution in [0.15, 0.2) is 24.3 Å². The Morgan fingerprint density at radius 2 is 1.95 bits per heavy atom. The molecule has 0 spiro atoms. The van der Waals surface area contributed by atoms with Gasteiger partial charge in [-0.3, -0.25) is 11.3 Å². The number of benzene rings is 1. The van der Waals surface area contributed by atoms with E-state index in [0.717, 1.165) is 0 Å². The summed E-state index contributed by atoms with van der Waals surface area (Å²) < 4.78 is 47.6. The second-order valence-corrected chi connectivity index (χ2v) is 3.92. The van der Waals surface area contributed by atoms with Crippen molar-refractivity contribution in [3.05, 3.63) is 29.8 Å². The van der Waals surface area contributed by atoms with Crippen molar-refractivity contribution in [3.63, 3.8) is 0 Å². The molecule has 0 radical (unpaired) electrons. The maximum atomic E-state index is 12.5. The number of halogens is 3. The van der Waals surface area contributed by atoms with Gasteiger partial charge in [-0.15, -0.1) is 0 Å². The van der Waals surface area contributed by atoms with Crippen molar-refractivity contribution in [2.24, 2.45) is 5.84 Å². The van der Waals surface area contributed by atoms with E-state index in [1.54, 1.807) is 24.3 Å². The lowest BCUT2D eigenvalue weighted by Gasteiger charge is -2.21. The SMILES string of the molecule is COCCOc1ccccc1C(CC(F)(F)F)NN. The molecule has 0 aliphatic carbocycles. The van der Waals surface area contributed by atoms with Gasteiger partial charge < -0.3 is 9.47 Å². The van der Waals surface area contributed by atoms with Gasteiger partial charge in [0.2, 0.25) is 0 Å². The number of nitrogens with two attached hydrogens (primary N) is 1. The minimum Gasteiger partial charge on any atom is -0.491 e. The number of nitrogens with one attached hydrogen (secondary N) is 1. The van der Waals surface area contributed by atoms with Gasteiger partial charge in [0.05, 0.1) is 19.1 Å². The van der Waals surface area contributed by atoms with Crippen molar-refractivity contribution in [1.29, 1.82) is 0 Å². The topological polar surface area (TPSA) is 56.5 Å². The highest BCUT2D eigenvalue weighted by atomic mass is 19.4. The van der Waals surface area contributed by atoms with Gasteiger partial charge >= 0.3 is 6.18 Å². The van der Waals surface area contributed by atoms with Gasteiger partial charge in [-0.05, 0) is 6.07 Å². The lowest BCUT2D eigenvalue weighted by atomic mass is 10.0. The molecule has 1 rings (SSSR count). The van der Waals surface area contributed by atoms with Crippen molar-refractivity contribution >= 4 is 0 Å². The van der Waals surface area contributed by atoms with Crippen molar-refractivity contribution in [2.45, 2.75) is 18.6 Å². The monoisotopic (exact) mass is 278 g/mol. The van der Waals surface area contributed by atoms with Crippen LogP contribution in [0.4, 0.5) is 13.2 Å². The first kappa shape index (κ1) is 15.7. The summed E-state index contributed by atoms with van der Waals surface area (Å²) >= 11 is 0. The standard InChI is InChI=1S/C12H17F3N2O2/c1-18-6-7-19-11-5-3-2-4-9(11)10(17-16)8-12(13,14)15/h2-5,10,17H,6-8,16H2,1H3. The van der Waals surface area contributed by atoms with Crippen molar-refractivity contribution < 1.29 is 22.6 Å². The molecule has 19 heavy (non-hydrogen) atoms. The number of rotatable bonds is 7. The minimum atomic E-state index is -4.31. The fraction of sp³-hybridized carbons (Fsp3) is 0.500. The largest absolute Gasteiger partial charge is 0.491 e. The lowest BCUT2D eigenvalue weighted by molar-refractivity contribution is -0.140. The van der Waals surface area contributed by atoms with E-state index in [-0.39, 0.29) is 6.61 Å². The zero-order valence-corrected chi connectivity index (χ0v) is 10.5. The third-order valence-electron chi connectivity index (χ3n) is 2.48. The van der Waals surface area contributed by atoms with Crippen LogP contribution in [0.2, 0.25) is 0 Å². The number of hydrogen-bond acceptors (Lipinski definition) is 4. The summed E-state index contributed by atoms with van der Waals surface area (Å²) in [7, 11) is 1.52.